The van der Waals surface area contributed by atoms with Gasteiger partial charge in [0.15, 0.2) is 11.5 Å². The molecule has 0 bridgehead atoms. The van der Waals surface area contributed by atoms with Gasteiger partial charge >= 0.3 is 0 Å². The van der Waals surface area contributed by atoms with Crippen LogP contribution >= 0.6 is 0 Å². The maximum Gasteiger partial charge on any atom is 0.271 e. The van der Waals surface area contributed by atoms with Gasteiger partial charge in [0.1, 0.15) is 6.67 Å². The van der Waals surface area contributed by atoms with Gasteiger partial charge in [0, 0.05) is 38.3 Å². The zero-order chi connectivity index (χ0) is 20.9. The quantitative estimate of drug-likeness (QED) is 0.757. The highest BCUT2D eigenvalue weighted by Crippen LogP contribution is 2.31. The number of halogens is 1. The second-order valence-electron chi connectivity index (χ2n) is 7.83. The summed E-state index contributed by atoms with van der Waals surface area (Å²) in [6.07, 6.45) is 3.56. The lowest BCUT2D eigenvalue weighted by atomic mass is 10.1. The van der Waals surface area contributed by atoms with Crippen LogP contribution in [0.3, 0.4) is 0 Å². The Morgan fingerprint density at radius 1 is 1.03 bits per heavy atom. The van der Waals surface area contributed by atoms with E-state index in [0.717, 1.165) is 12.3 Å². The Balaban J connectivity index is 1.30. The molecule has 158 valence electrons. The molecule has 0 spiro atoms. The highest BCUT2D eigenvalue weighted by atomic mass is 19.1. The molecule has 2 heterocycles. The van der Waals surface area contributed by atoms with E-state index in [-0.39, 0.29) is 11.8 Å². The Morgan fingerprint density at radius 2 is 1.80 bits per heavy atom. The predicted octanol–water partition coefficient (Wildman–Crippen LogP) is 2.44. The van der Waals surface area contributed by atoms with Crippen LogP contribution in [0.15, 0.2) is 36.4 Å². The number of carbonyl (C=O) groups is 2. The van der Waals surface area contributed by atoms with Crippen LogP contribution in [-0.4, -0.2) is 59.6 Å². The zero-order valence-corrected chi connectivity index (χ0v) is 16.9. The van der Waals surface area contributed by atoms with Gasteiger partial charge in [0.05, 0.1) is 0 Å². The van der Waals surface area contributed by atoms with Gasteiger partial charge in [-0.1, -0.05) is 31.0 Å². The van der Waals surface area contributed by atoms with Gasteiger partial charge in [0.2, 0.25) is 0 Å². The molecule has 2 fully saturated rings. The minimum atomic E-state index is -0.655. The standard InChI is InChI=1S/C22H26FN5O2/c23-15-17-3-1-2-4-18(17)22(30)28-13-11-27(12-14-28)20-8-7-19(25-26-20)21(29)24-10-9-16-5-6-16/h1-4,7-8,16H,5-6,9-15H2,(H,24,29). The highest BCUT2D eigenvalue weighted by molar-refractivity contribution is 5.96. The summed E-state index contributed by atoms with van der Waals surface area (Å²) < 4.78 is 13.2. The molecule has 7 nitrogen and oxygen atoms in total. The summed E-state index contributed by atoms with van der Waals surface area (Å²) in [6, 6.07) is 10.3. The second kappa shape index (κ2) is 9.19. The lowest BCUT2D eigenvalue weighted by molar-refractivity contribution is 0.0744. The summed E-state index contributed by atoms with van der Waals surface area (Å²) in [7, 11) is 0. The number of carbonyl (C=O) groups excluding carboxylic acids is 2. The zero-order valence-electron chi connectivity index (χ0n) is 16.9. The number of nitrogens with one attached hydrogen (secondary N) is 1. The topological polar surface area (TPSA) is 78.4 Å². The van der Waals surface area contributed by atoms with Crippen molar-refractivity contribution in [2.75, 3.05) is 37.6 Å². The molecule has 0 radical (unpaired) electrons. The summed E-state index contributed by atoms with van der Waals surface area (Å²) in [5, 5.41) is 11.1. The Kier molecular flexibility index (Phi) is 6.21. The summed E-state index contributed by atoms with van der Waals surface area (Å²) >= 11 is 0. The molecule has 8 heteroatoms. The van der Waals surface area contributed by atoms with E-state index in [2.05, 4.69) is 15.5 Å². The van der Waals surface area contributed by atoms with E-state index in [0.29, 0.717) is 55.4 Å². The molecule has 1 saturated heterocycles. The fourth-order valence-corrected chi connectivity index (χ4v) is 3.66. The molecule has 0 atom stereocenters. The number of aromatic nitrogens is 2. The summed E-state index contributed by atoms with van der Waals surface area (Å²) in [4.78, 5) is 28.7. The van der Waals surface area contributed by atoms with Gasteiger partial charge in [-0.25, -0.2) is 4.39 Å². The first-order valence-corrected chi connectivity index (χ1v) is 10.5. The minimum Gasteiger partial charge on any atom is -0.352 e. The van der Waals surface area contributed by atoms with Crippen LogP contribution in [0.4, 0.5) is 10.2 Å². The number of rotatable bonds is 7. The number of benzene rings is 1. The molecule has 30 heavy (non-hydrogen) atoms. The summed E-state index contributed by atoms with van der Waals surface area (Å²) in [5.74, 6) is 1.11. The van der Waals surface area contributed by atoms with Crippen LogP contribution in [0.25, 0.3) is 0 Å². The first-order valence-electron chi connectivity index (χ1n) is 10.5. The minimum absolute atomic E-state index is 0.146. The van der Waals surface area contributed by atoms with E-state index in [4.69, 9.17) is 0 Å². The fraction of sp³-hybridized carbons (Fsp3) is 0.455. The third-order valence-electron chi connectivity index (χ3n) is 5.70. The van der Waals surface area contributed by atoms with Crippen LogP contribution in [0.1, 0.15) is 45.7 Å². The normalized spacial score (nSPS) is 16.4. The Hall–Kier alpha value is -3.03. The predicted molar refractivity (Wildman–Crippen MR) is 111 cm³/mol. The molecule has 2 amide bonds. The van der Waals surface area contributed by atoms with E-state index in [1.54, 1.807) is 41.3 Å². The summed E-state index contributed by atoms with van der Waals surface area (Å²) in [6.45, 7) is 2.26. The van der Waals surface area contributed by atoms with E-state index in [9.17, 15) is 14.0 Å². The molecular formula is C22H26FN5O2. The average molecular weight is 411 g/mol. The number of amides is 2. The SMILES string of the molecule is O=C(NCCC1CC1)c1ccc(N2CCN(C(=O)c3ccccc3CF)CC2)nn1. The fourth-order valence-electron chi connectivity index (χ4n) is 3.66. The lowest BCUT2D eigenvalue weighted by Gasteiger charge is -2.35. The largest absolute Gasteiger partial charge is 0.352 e. The van der Waals surface area contributed by atoms with Crippen molar-refractivity contribution < 1.29 is 14.0 Å². The highest BCUT2D eigenvalue weighted by Gasteiger charge is 2.25. The number of anilines is 1. The first-order chi connectivity index (χ1) is 14.7. The molecule has 4 rings (SSSR count). The van der Waals surface area contributed by atoms with Gasteiger partial charge in [-0.15, -0.1) is 10.2 Å². The molecule has 1 aromatic carbocycles. The van der Waals surface area contributed by atoms with E-state index >= 15 is 0 Å². The third-order valence-corrected chi connectivity index (χ3v) is 5.70. The van der Waals surface area contributed by atoms with Crippen LogP contribution in [0.2, 0.25) is 0 Å². The maximum absolute atomic E-state index is 13.2. The average Bonchev–Trinajstić information content (AvgIpc) is 3.63. The van der Waals surface area contributed by atoms with Gasteiger partial charge in [-0.3, -0.25) is 9.59 Å². The molecule has 2 aromatic rings. The van der Waals surface area contributed by atoms with Gasteiger partial charge in [-0.05, 0) is 36.1 Å². The van der Waals surface area contributed by atoms with Crippen LogP contribution in [0, 0.1) is 5.92 Å². The van der Waals surface area contributed by atoms with Crippen LogP contribution < -0.4 is 10.2 Å². The molecule has 1 aromatic heterocycles. The number of piperazine rings is 1. The Morgan fingerprint density at radius 3 is 2.47 bits per heavy atom. The number of nitrogens with zero attached hydrogens (tertiary/aromatic N) is 4. The lowest BCUT2D eigenvalue weighted by Crippen LogP contribution is -2.49. The third kappa shape index (κ3) is 4.75. The molecule has 1 aliphatic carbocycles. The first kappa shape index (κ1) is 20.3. The number of hydrogen-bond donors (Lipinski definition) is 1. The van der Waals surface area contributed by atoms with Crippen molar-refractivity contribution in [1.82, 2.24) is 20.4 Å². The molecule has 1 aliphatic heterocycles. The Labute approximate surface area is 175 Å². The smallest absolute Gasteiger partial charge is 0.271 e. The van der Waals surface area contributed by atoms with Gasteiger partial charge in [0.25, 0.3) is 11.8 Å². The van der Waals surface area contributed by atoms with Crippen LogP contribution in [0.5, 0.6) is 0 Å². The molecule has 1 N–H and O–H groups in total. The maximum atomic E-state index is 13.2. The van der Waals surface area contributed by atoms with Crippen molar-refractivity contribution in [3.8, 4) is 0 Å². The van der Waals surface area contributed by atoms with Crippen molar-refractivity contribution in [3.05, 3.63) is 53.2 Å². The van der Waals surface area contributed by atoms with Crippen molar-refractivity contribution in [2.24, 2.45) is 5.92 Å². The number of alkyl halides is 1. The van der Waals surface area contributed by atoms with Crippen molar-refractivity contribution in [2.45, 2.75) is 25.9 Å². The Bertz CT molecular complexity index is 893. The van der Waals surface area contributed by atoms with Crippen LogP contribution in [-0.2, 0) is 6.67 Å². The van der Waals surface area contributed by atoms with Gasteiger partial charge in [-0.2, -0.15) is 0 Å². The van der Waals surface area contributed by atoms with Crippen molar-refractivity contribution in [3.63, 3.8) is 0 Å². The van der Waals surface area contributed by atoms with E-state index in [1.807, 2.05) is 4.90 Å². The monoisotopic (exact) mass is 411 g/mol. The molecule has 1 saturated carbocycles. The second-order valence-corrected chi connectivity index (χ2v) is 7.83. The van der Waals surface area contributed by atoms with Crippen molar-refractivity contribution >= 4 is 17.6 Å². The van der Waals surface area contributed by atoms with E-state index < -0.39 is 6.67 Å². The molecule has 2 aliphatic rings. The van der Waals surface area contributed by atoms with E-state index in [1.165, 1.54) is 12.8 Å². The molecular weight excluding hydrogens is 385 g/mol. The van der Waals surface area contributed by atoms with Gasteiger partial charge < -0.3 is 15.1 Å². The molecule has 0 unspecified atom stereocenters. The number of hydrogen-bond acceptors (Lipinski definition) is 5. The van der Waals surface area contributed by atoms with Crippen molar-refractivity contribution in [1.29, 1.82) is 0 Å². The summed E-state index contributed by atoms with van der Waals surface area (Å²) in [5.41, 5.74) is 1.15.